The van der Waals surface area contributed by atoms with E-state index in [0.29, 0.717) is 13.0 Å². The van der Waals surface area contributed by atoms with Crippen molar-refractivity contribution in [3.05, 3.63) is 12.7 Å². The fourth-order valence-electron chi connectivity index (χ4n) is 0.500. The quantitative estimate of drug-likeness (QED) is 0.488. The molecule has 0 aromatic rings. The van der Waals surface area contributed by atoms with E-state index in [1.54, 1.807) is 13.0 Å². The molecule has 0 radical (unpaired) electrons. The Morgan fingerprint density at radius 3 is 1.88 bits per heavy atom. The molecule has 0 fully saturated rings. The molecule has 92 valence electrons. The first-order valence-corrected chi connectivity index (χ1v) is 4.77. The van der Waals surface area contributed by atoms with Gasteiger partial charge >= 0.3 is 5.97 Å². The van der Waals surface area contributed by atoms with Crippen molar-refractivity contribution in [1.29, 1.82) is 0 Å². The molecule has 0 saturated heterocycles. The van der Waals surface area contributed by atoms with Gasteiger partial charge in [-0.05, 0) is 0 Å². The summed E-state index contributed by atoms with van der Waals surface area (Å²) in [5.41, 5.74) is 9.39. The van der Waals surface area contributed by atoms with E-state index in [4.69, 9.17) is 11.5 Å². The van der Waals surface area contributed by atoms with Gasteiger partial charge in [0.2, 0.25) is 11.8 Å². The predicted octanol–water partition coefficient (Wildman–Crippen LogP) is -0.137. The Bertz CT molecular complexity index is 237. The van der Waals surface area contributed by atoms with Crippen LogP contribution in [0, 0.1) is 0 Å². The third kappa shape index (κ3) is 18.0. The summed E-state index contributed by atoms with van der Waals surface area (Å²) in [5, 5.41) is 0. The number of esters is 1. The van der Waals surface area contributed by atoms with Crippen molar-refractivity contribution < 1.29 is 19.1 Å². The van der Waals surface area contributed by atoms with Crippen molar-refractivity contribution in [2.45, 2.75) is 26.2 Å². The normalized spacial score (nSPS) is 8.31. The highest BCUT2D eigenvalue weighted by atomic mass is 16.5. The maximum absolute atomic E-state index is 10.3. The molecule has 0 aliphatic rings. The summed E-state index contributed by atoms with van der Waals surface area (Å²) in [6, 6.07) is 0. The number of amides is 2. The van der Waals surface area contributed by atoms with Crippen molar-refractivity contribution in [2.24, 2.45) is 11.5 Å². The second-order valence-corrected chi connectivity index (χ2v) is 2.76. The summed E-state index contributed by atoms with van der Waals surface area (Å²) in [7, 11) is 0. The summed E-state index contributed by atoms with van der Waals surface area (Å²) >= 11 is 0. The standard InChI is InChI=1S/C6H10O2.C4H8N2O2/c1-3-5-8-6(7)4-2;5-3(7)1-2-4(6)8/h3H,1,4-5H2,2H3;1-2H2,(H2,5,7)(H2,6,8). The molecule has 0 bridgehead atoms. The first-order valence-electron chi connectivity index (χ1n) is 4.77. The summed E-state index contributed by atoms with van der Waals surface area (Å²) in [6.07, 6.45) is 2.09. The molecular weight excluding hydrogens is 212 g/mol. The summed E-state index contributed by atoms with van der Waals surface area (Å²) in [6.45, 7) is 5.47. The van der Waals surface area contributed by atoms with E-state index < -0.39 is 11.8 Å². The van der Waals surface area contributed by atoms with Crippen LogP contribution in [0.4, 0.5) is 0 Å². The second-order valence-electron chi connectivity index (χ2n) is 2.76. The van der Waals surface area contributed by atoms with Crippen LogP contribution in [0.15, 0.2) is 12.7 Å². The van der Waals surface area contributed by atoms with Crippen LogP contribution in [-0.2, 0) is 19.1 Å². The van der Waals surface area contributed by atoms with Gasteiger partial charge < -0.3 is 16.2 Å². The summed E-state index contributed by atoms with van der Waals surface area (Å²) in [5.74, 6) is -1.17. The number of hydrogen-bond acceptors (Lipinski definition) is 4. The highest BCUT2D eigenvalue weighted by Gasteiger charge is 1.96. The summed E-state index contributed by atoms with van der Waals surface area (Å²) in [4.78, 5) is 30.1. The Labute approximate surface area is 94.6 Å². The van der Waals surface area contributed by atoms with Crippen LogP contribution in [0.2, 0.25) is 0 Å². The molecule has 0 aromatic heterocycles. The molecule has 6 heteroatoms. The smallest absolute Gasteiger partial charge is 0.305 e. The van der Waals surface area contributed by atoms with E-state index >= 15 is 0 Å². The van der Waals surface area contributed by atoms with Crippen LogP contribution in [-0.4, -0.2) is 24.4 Å². The van der Waals surface area contributed by atoms with E-state index in [-0.39, 0.29) is 18.8 Å². The average molecular weight is 230 g/mol. The topological polar surface area (TPSA) is 112 Å². The molecule has 2 amide bonds. The van der Waals surface area contributed by atoms with Crippen molar-refractivity contribution in [3.63, 3.8) is 0 Å². The minimum Gasteiger partial charge on any atom is -0.461 e. The molecule has 4 N–H and O–H groups in total. The van der Waals surface area contributed by atoms with Crippen LogP contribution in [0.3, 0.4) is 0 Å². The number of rotatable bonds is 6. The van der Waals surface area contributed by atoms with Gasteiger partial charge in [0, 0.05) is 19.3 Å². The largest absolute Gasteiger partial charge is 0.461 e. The van der Waals surface area contributed by atoms with Crippen LogP contribution < -0.4 is 11.5 Å². The molecule has 0 atom stereocenters. The molecular formula is C10H18N2O4. The highest BCUT2D eigenvalue weighted by Crippen LogP contribution is 1.83. The van der Waals surface area contributed by atoms with Gasteiger partial charge in [-0.2, -0.15) is 0 Å². The van der Waals surface area contributed by atoms with Gasteiger partial charge in [-0.25, -0.2) is 0 Å². The molecule has 0 rings (SSSR count). The van der Waals surface area contributed by atoms with Crippen LogP contribution in [0.1, 0.15) is 26.2 Å². The molecule has 0 aliphatic carbocycles. The number of ether oxygens (including phenoxy) is 1. The van der Waals surface area contributed by atoms with Gasteiger partial charge in [-0.3, -0.25) is 14.4 Å². The Morgan fingerprint density at radius 2 is 1.62 bits per heavy atom. The van der Waals surface area contributed by atoms with E-state index in [0.717, 1.165) is 0 Å². The van der Waals surface area contributed by atoms with Crippen LogP contribution in [0.5, 0.6) is 0 Å². The lowest BCUT2D eigenvalue weighted by Crippen LogP contribution is -2.16. The number of carbonyl (C=O) groups is 3. The van der Waals surface area contributed by atoms with Gasteiger partial charge in [-0.15, -0.1) is 0 Å². The predicted molar refractivity (Wildman–Crippen MR) is 59.1 cm³/mol. The Kier molecular flexibility index (Phi) is 11.6. The minimum absolute atomic E-state index is 0.0509. The van der Waals surface area contributed by atoms with Gasteiger partial charge in [0.05, 0.1) is 0 Å². The van der Waals surface area contributed by atoms with Crippen LogP contribution in [0.25, 0.3) is 0 Å². The molecule has 0 aromatic carbocycles. The van der Waals surface area contributed by atoms with Gasteiger partial charge in [0.15, 0.2) is 0 Å². The molecule has 0 aliphatic heterocycles. The van der Waals surface area contributed by atoms with Crippen LogP contribution >= 0.6 is 0 Å². The Morgan fingerprint density at radius 1 is 1.19 bits per heavy atom. The molecule has 6 nitrogen and oxygen atoms in total. The highest BCUT2D eigenvalue weighted by molar-refractivity contribution is 5.81. The lowest BCUT2D eigenvalue weighted by atomic mass is 10.3. The Hall–Kier alpha value is -1.85. The SMILES string of the molecule is C=CCOC(=O)CC.NC(=O)CCC(N)=O. The number of hydrogen-bond donors (Lipinski definition) is 2. The first kappa shape index (κ1) is 16.6. The lowest BCUT2D eigenvalue weighted by Gasteiger charge is -1.94. The van der Waals surface area contributed by atoms with Crippen molar-refractivity contribution >= 4 is 17.8 Å². The number of carbonyl (C=O) groups excluding carboxylic acids is 3. The van der Waals surface area contributed by atoms with Gasteiger partial charge in [0.25, 0.3) is 0 Å². The average Bonchev–Trinajstić information content (AvgIpc) is 2.23. The zero-order chi connectivity index (χ0) is 13.0. The van der Waals surface area contributed by atoms with E-state index in [1.165, 1.54) is 0 Å². The van der Waals surface area contributed by atoms with Crippen molar-refractivity contribution in [3.8, 4) is 0 Å². The molecule has 0 heterocycles. The molecule has 0 saturated carbocycles. The van der Waals surface area contributed by atoms with Gasteiger partial charge in [0.1, 0.15) is 6.61 Å². The van der Waals surface area contributed by atoms with E-state index in [9.17, 15) is 14.4 Å². The maximum Gasteiger partial charge on any atom is 0.305 e. The third-order valence-corrected chi connectivity index (χ3v) is 1.27. The third-order valence-electron chi connectivity index (χ3n) is 1.27. The fourth-order valence-corrected chi connectivity index (χ4v) is 0.500. The first-order chi connectivity index (χ1) is 7.43. The van der Waals surface area contributed by atoms with Crippen molar-refractivity contribution in [1.82, 2.24) is 0 Å². The fraction of sp³-hybridized carbons (Fsp3) is 0.500. The zero-order valence-electron chi connectivity index (χ0n) is 9.40. The zero-order valence-corrected chi connectivity index (χ0v) is 9.40. The van der Waals surface area contributed by atoms with E-state index in [1.807, 2.05) is 0 Å². The monoisotopic (exact) mass is 230 g/mol. The molecule has 0 unspecified atom stereocenters. The number of primary amides is 2. The molecule has 0 spiro atoms. The lowest BCUT2D eigenvalue weighted by molar-refractivity contribution is -0.142. The number of nitrogens with two attached hydrogens (primary N) is 2. The van der Waals surface area contributed by atoms with Crippen molar-refractivity contribution in [2.75, 3.05) is 6.61 Å². The second kappa shape index (κ2) is 11.2. The maximum atomic E-state index is 10.3. The molecule has 16 heavy (non-hydrogen) atoms. The minimum atomic E-state index is -0.496. The Balaban J connectivity index is 0. The summed E-state index contributed by atoms with van der Waals surface area (Å²) < 4.78 is 4.58. The van der Waals surface area contributed by atoms with Gasteiger partial charge in [-0.1, -0.05) is 19.6 Å². The van der Waals surface area contributed by atoms with E-state index in [2.05, 4.69) is 11.3 Å².